The third-order valence-electron chi connectivity index (χ3n) is 2.61. The van der Waals surface area contributed by atoms with E-state index in [1.807, 2.05) is 31.2 Å². The van der Waals surface area contributed by atoms with E-state index in [0.29, 0.717) is 19.6 Å². The maximum atomic E-state index is 11.4. The molecular formula is C13H20NO4P. The summed E-state index contributed by atoms with van der Waals surface area (Å²) in [5.41, 5.74) is 2.15. The van der Waals surface area contributed by atoms with Crippen LogP contribution in [0.2, 0.25) is 0 Å². The molecule has 0 aliphatic heterocycles. The molecule has 1 amide bonds. The highest BCUT2D eigenvalue weighted by molar-refractivity contribution is 7.37. The van der Waals surface area contributed by atoms with Crippen LogP contribution in [-0.2, 0) is 20.8 Å². The summed E-state index contributed by atoms with van der Waals surface area (Å²) in [5, 5.41) is 1.24. The van der Waals surface area contributed by atoms with Crippen molar-refractivity contribution in [2.24, 2.45) is 0 Å². The molecule has 19 heavy (non-hydrogen) atoms. The highest BCUT2D eigenvalue weighted by atomic mass is 31.1. The van der Waals surface area contributed by atoms with Gasteiger partial charge in [-0.25, -0.2) is 5.06 Å². The van der Waals surface area contributed by atoms with Crippen LogP contribution < -0.4 is 0 Å². The third kappa shape index (κ3) is 6.53. The lowest BCUT2D eigenvalue weighted by Crippen LogP contribution is -2.30. The predicted molar refractivity (Wildman–Crippen MR) is 74.1 cm³/mol. The maximum Gasteiger partial charge on any atom is 0.243 e. The number of benzene rings is 1. The first kappa shape index (κ1) is 15.9. The summed E-state index contributed by atoms with van der Waals surface area (Å²) in [6.07, 6.45) is 0.671. The Morgan fingerprint density at radius 1 is 1.37 bits per heavy atom. The van der Waals surface area contributed by atoms with Gasteiger partial charge in [0.25, 0.3) is 0 Å². The van der Waals surface area contributed by atoms with Crippen molar-refractivity contribution in [1.82, 2.24) is 5.06 Å². The lowest BCUT2D eigenvalue weighted by molar-refractivity contribution is -0.189. The van der Waals surface area contributed by atoms with Crippen LogP contribution in [0.1, 0.15) is 24.5 Å². The molecule has 5 nitrogen and oxygen atoms in total. The van der Waals surface area contributed by atoms with E-state index in [9.17, 15) is 9.36 Å². The smallest absolute Gasteiger partial charge is 0.243 e. The second-order valence-electron chi connectivity index (χ2n) is 4.38. The normalized spacial score (nSPS) is 12.2. The number of aryl methyl sites for hydroxylation is 1. The zero-order chi connectivity index (χ0) is 14.3. The fourth-order valence-corrected chi connectivity index (χ4v) is 1.98. The molecule has 0 radical (unpaired) electrons. The number of nitrogens with zero attached hydrogens (tertiary/aromatic N) is 1. The summed E-state index contributed by atoms with van der Waals surface area (Å²) in [7, 11) is -2.47. The molecule has 0 aliphatic rings. The van der Waals surface area contributed by atoms with Gasteiger partial charge in [0.1, 0.15) is 6.61 Å². The van der Waals surface area contributed by atoms with Crippen molar-refractivity contribution >= 4 is 13.9 Å². The van der Waals surface area contributed by atoms with E-state index in [1.54, 1.807) is 0 Å². The van der Waals surface area contributed by atoms with Gasteiger partial charge in [-0.2, -0.15) is 0 Å². The molecule has 1 rings (SSSR count). The molecule has 0 aliphatic carbocycles. The minimum absolute atomic E-state index is 0.204. The Labute approximate surface area is 114 Å². The summed E-state index contributed by atoms with van der Waals surface area (Å²) >= 11 is 0. The molecule has 1 atom stereocenters. The minimum atomic E-state index is -2.47. The molecule has 0 aromatic heterocycles. The number of carbonyl (C=O) groups excluding carboxylic acids is 1. The standard InChI is InChI=1S/C13H20NO4P/c1-11-4-6-13(7-5-11)10-18-14(12(2)15)8-3-9-19(16)17/h4-7,19H,3,8-10H2,1-2H3,(H,16,17). The van der Waals surface area contributed by atoms with Gasteiger partial charge in [0, 0.05) is 19.6 Å². The lowest BCUT2D eigenvalue weighted by atomic mass is 10.2. The number of hydrogen-bond donors (Lipinski definition) is 1. The number of hydroxylamine groups is 2. The zero-order valence-corrected chi connectivity index (χ0v) is 12.3. The average molecular weight is 285 g/mol. The number of carbonyl (C=O) groups is 1. The van der Waals surface area contributed by atoms with Crippen molar-refractivity contribution in [2.45, 2.75) is 26.9 Å². The second kappa shape index (κ2) is 8.10. The maximum absolute atomic E-state index is 11.4. The van der Waals surface area contributed by atoms with E-state index < -0.39 is 8.03 Å². The molecular weight excluding hydrogens is 265 g/mol. The van der Waals surface area contributed by atoms with E-state index in [-0.39, 0.29) is 12.1 Å². The van der Waals surface area contributed by atoms with E-state index >= 15 is 0 Å². The van der Waals surface area contributed by atoms with Crippen LogP contribution in [0.3, 0.4) is 0 Å². The van der Waals surface area contributed by atoms with Gasteiger partial charge in [-0.15, -0.1) is 0 Å². The molecule has 0 spiro atoms. The van der Waals surface area contributed by atoms with Crippen LogP contribution in [0.15, 0.2) is 24.3 Å². The Morgan fingerprint density at radius 2 is 2.00 bits per heavy atom. The van der Waals surface area contributed by atoms with Gasteiger partial charge in [0.2, 0.25) is 5.91 Å². The Hall–Kier alpha value is -1.16. The first-order chi connectivity index (χ1) is 8.99. The quantitative estimate of drug-likeness (QED) is 0.615. The van der Waals surface area contributed by atoms with E-state index in [2.05, 4.69) is 0 Å². The van der Waals surface area contributed by atoms with Crippen molar-refractivity contribution in [3.8, 4) is 0 Å². The fraction of sp³-hybridized carbons (Fsp3) is 0.462. The van der Waals surface area contributed by atoms with Gasteiger partial charge in [-0.1, -0.05) is 29.8 Å². The average Bonchev–Trinajstić information content (AvgIpc) is 2.34. The molecule has 0 bridgehead atoms. The lowest BCUT2D eigenvalue weighted by Gasteiger charge is -2.20. The topological polar surface area (TPSA) is 66.8 Å². The van der Waals surface area contributed by atoms with Crippen molar-refractivity contribution in [1.29, 1.82) is 0 Å². The van der Waals surface area contributed by atoms with Crippen molar-refractivity contribution in [2.75, 3.05) is 12.7 Å². The molecule has 1 N–H and O–H groups in total. The predicted octanol–water partition coefficient (Wildman–Crippen LogP) is 2.13. The van der Waals surface area contributed by atoms with Crippen molar-refractivity contribution < 1.29 is 19.1 Å². The van der Waals surface area contributed by atoms with Crippen LogP contribution in [0.5, 0.6) is 0 Å². The largest absolute Gasteiger partial charge is 0.346 e. The van der Waals surface area contributed by atoms with Crippen molar-refractivity contribution in [3.63, 3.8) is 0 Å². The van der Waals surface area contributed by atoms with Crippen LogP contribution in [0, 0.1) is 6.92 Å². The SMILES string of the molecule is CC(=O)N(CCC[PH](=O)O)OCc1ccc(C)cc1. The molecule has 0 saturated heterocycles. The molecule has 106 valence electrons. The molecule has 0 heterocycles. The van der Waals surface area contributed by atoms with Crippen LogP contribution >= 0.6 is 8.03 Å². The summed E-state index contributed by atoms with van der Waals surface area (Å²) in [4.78, 5) is 25.5. The number of amides is 1. The van der Waals surface area contributed by atoms with Gasteiger partial charge in [0.05, 0.1) is 0 Å². The van der Waals surface area contributed by atoms with Gasteiger partial charge in [0.15, 0.2) is 8.03 Å². The third-order valence-corrected chi connectivity index (χ3v) is 3.39. The van der Waals surface area contributed by atoms with Gasteiger partial charge in [-0.3, -0.25) is 14.2 Å². The summed E-state index contributed by atoms with van der Waals surface area (Å²) in [6, 6.07) is 7.85. The van der Waals surface area contributed by atoms with Gasteiger partial charge >= 0.3 is 0 Å². The van der Waals surface area contributed by atoms with Gasteiger partial charge < -0.3 is 4.89 Å². The first-order valence-corrected chi connectivity index (χ1v) is 7.73. The Balaban J connectivity index is 2.43. The Bertz CT molecular complexity index is 433. The van der Waals surface area contributed by atoms with Crippen LogP contribution in [0.4, 0.5) is 0 Å². The monoisotopic (exact) mass is 285 g/mol. The van der Waals surface area contributed by atoms with Crippen LogP contribution in [-0.4, -0.2) is 28.6 Å². The first-order valence-electron chi connectivity index (χ1n) is 6.17. The fourth-order valence-electron chi connectivity index (χ4n) is 1.52. The summed E-state index contributed by atoms with van der Waals surface area (Å²) in [5.74, 6) is -0.204. The summed E-state index contributed by atoms with van der Waals surface area (Å²) in [6.45, 7) is 4.06. The molecule has 1 aromatic carbocycles. The molecule has 0 saturated carbocycles. The zero-order valence-electron chi connectivity index (χ0n) is 11.3. The highest BCUT2D eigenvalue weighted by Crippen LogP contribution is 2.14. The van der Waals surface area contributed by atoms with E-state index in [0.717, 1.165) is 5.56 Å². The van der Waals surface area contributed by atoms with Gasteiger partial charge in [-0.05, 0) is 18.9 Å². The number of rotatable bonds is 7. The molecule has 1 aromatic rings. The summed E-state index contributed by atoms with van der Waals surface area (Å²) < 4.78 is 10.6. The Morgan fingerprint density at radius 3 is 2.53 bits per heavy atom. The molecule has 0 fully saturated rings. The van der Waals surface area contributed by atoms with E-state index in [4.69, 9.17) is 9.73 Å². The molecule has 6 heteroatoms. The Kier molecular flexibility index (Phi) is 6.78. The minimum Gasteiger partial charge on any atom is -0.346 e. The number of hydrogen-bond acceptors (Lipinski definition) is 3. The van der Waals surface area contributed by atoms with E-state index in [1.165, 1.54) is 17.6 Å². The molecule has 1 unspecified atom stereocenters. The van der Waals surface area contributed by atoms with Crippen molar-refractivity contribution in [3.05, 3.63) is 35.4 Å². The highest BCUT2D eigenvalue weighted by Gasteiger charge is 2.09. The second-order valence-corrected chi connectivity index (χ2v) is 5.66. The van der Waals surface area contributed by atoms with Crippen LogP contribution in [0.25, 0.3) is 0 Å².